The molecule has 0 aromatic rings. The molecule has 3 fully saturated rings. The predicted molar refractivity (Wildman–Crippen MR) is 217 cm³/mol. The van der Waals surface area contributed by atoms with Crippen LogP contribution in [0.1, 0.15) is 87.0 Å². The molecule has 3 N–H and O–H groups in total. The standard InChI is InChI=1S/C43H74N2O14/c1-24-22-30(20-21-46)37(58-41-26(3)35(45(10)11)36(28(5)55-41)57-34-23-43(7,50)39(47)29(6)54-34)38(51-12)40(48)59-42(49)52-25(2)16-14-13-15-17-32(24)56-33-19-18-31(44(8)9)27(4)53-33/h13-15,17,21,24-41,47-48,50H,16,18-20,22-23H2,1-12H3. The summed E-state index contributed by atoms with van der Waals surface area (Å²) in [6.07, 6.45) is -0.431. The Bertz CT molecular complexity index is 1370. The third-order valence-corrected chi connectivity index (χ3v) is 12.4. The first-order valence-electron chi connectivity index (χ1n) is 21.3. The normalized spacial score (nSPS) is 44.6. The van der Waals surface area contributed by atoms with Gasteiger partial charge in [0.15, 0.2) is 18.9 Å². The average Bonchev–Trinajstić information content (AvgIpc) is 3.13. The molecule has 59 heavy (non-hydrogen) atoms. The Morgan fingerprint density at radius 2 is 1.54 bits per heavy atom. The van der Waals surface area contributed by atoms with E-state index in [2.05, 4.69) is 11.8 Å². The minimum Gasteiger partial charge on any atom is -0.431 e. The van der Waals surface area contributed by atoms with Gasteiger partial charge in [-0.05, 0) is 93.9 Å². The summed E-state index contributed by atoms with van der Waals surface area (Å²) in [6, 6.07) is -0.0438. The molecule has 4 aliphatic rings. The SMILES string of the molecule is COC1C(O)OC(=O)OC(C)CC=CC=CC(OC2CCC(N(C)C)C(C)O2)C(C)CC(CC=O)C1OC1OC(C)C(OC2CC(C)(O)C(O)C(C)O2)C(N(C)C)C1C. The van der Waals surface area contributed by atoms with Crippen LogP contribution < -0.4 is 0 Å². The lowest BCUT2D eigenvalue weighted by Crippen LogP contribution is -2.63. The Morgan fingerprint density at radius 1 is 0.847 bits per heavy atom. The van der Waals surface area contributed by atoms with Crippen LogP contribution in [0, 0.1) is 17.8 Å². The Balaban J connectivity index is 1.66. The summed E-state index contributed by atoms with van der Waals surface area (Å²) in [4.78, 5) is 29.6. The Labute approximate surface area is 351 Å². The molecule has 16 nitrogen and oxygen atoms in total. The van der Waals surface area contributed by atoms with Crippen molar-refractivity contribution in [1.82, 2.24) is 9.80 Å². The number of carbonyl (C=O) groups excluding carboxylic acids is 2. The molecule has 4 rings (SSSR count). The summed E-state index contributed by atoms with van der Waals surface area (Å²) in [5.41, 5.74) is -1.42. The van der Waals surface area contributed by atoms with Crippen molar-refractivity contribution in [2.45, 2.75) is 185 Å². The van der Waals surface area contributed by atoms with Gasteiger partial charge in [0, 0.05) is 44.4 Å². The molecule has 0 saturated carbocycles. The number of nitrogens with zero attached hydrogens (tertiary/aromatic N) is 2. The van der Waals surface area contributed by atoms with E-state index < -0.39 is 91.7 Å². The van der Waals surface area contributed by atoms with E-state index in [9.17, 15) is 24.9 Å². The number of aliphatic hydroxyl groups is 3. The Kier molecular flexibility index (Phi) is 18.8. The molecule has 0 spiro atoms. The summed E-state index contributed by atoms with van der Waals surface area (Å²) < 4.78 is 55.8. The molecule has 0 aromatic carbocycles. The van der Waals surface area contributed by atoms with Crippen molar-refractivity contribution in [2.24, 2.45) is 17.8 Å². The maximum absolute atomic E-state index is 12.9. The average molecular weight is 843 g/mol. The molecular formula is C43H74N2O14. The van der Waals surface area contributed by atoms with Gasteiger partial charge in [0.05, 0.1) is 36.1 Å². The van der Waals surface area contributed by atoms with Crippen molar-refractivity contribution < 1.29 is 67.5 Å². The van der Waals surface area contributed by atoms with Gasteiger partial charge < -0.3 is 72.5 Å². The molecule has 19 unspecified atom stereocenters. The minimum atomic E-state index is -1.84. The number of carbonyl (C=O) groups is 2. The minimum absolute atomic E-state index is 0.0172. The zero-order valence-corrected chi connectivity index (χ0v) is 37.2. The number of cyclic esters (lactones) is 2. The van der Waals surface area contributed by atoms with Crippen LogP contribution in [0.4, 0.5) is 4.79 Å². The molecule has 4 heterocycles. The molecule has 340 valence electrons. The summed E-state index contributed by atoms with van der Waals surface area (Å²) in [7, 11) is 9.31. The number of hydrogen-bond acceptors (Lipinski definition) is 16. The number of methoxy groups -OCH3 is 1. The van der Waals surface area contributed by atoms with Gasteiger partial charge >= 0.3 is 6.16 Å². The van der Waals surface area contributed by atoms with E-state index in [-0.39, 0.29) is 42.9 Å². The van der Waals surface area contributed by atoms with Crippen LogP contribution in [0.5, 0.6) is 0 Å². The molecule has 19 atom stereocenters. The highest BCUT2D eigenvalue weighted by molar-refractivity contribution is 5.60. The zero-order valence-electron chi connectivity index (χ0n) is 37.2. The van der Waals surface area contributed by atoms with E-state index in [1.54, 1.807) is 20.8 Å². The monoisotopic (exact) mass is 843 g/mol. The van der Waals surface area contributed by atoms with E-state index in [0.717, 1.165) is 12.7 Å². The largest absolute Gasteiger partial charge is 0.510 e. The fourth-order valence-electron chi connectivity index (χ4n) is 9.16. The van der Waals surface area contributed by atoms with Gasteiger partial charge in [0.1, 0.15) is 30.7 Å². The van der Waals surface area contributed by atoms with Crippen molar-refractivity contribution in [3.63, 3.8) is 0 Å². The quantitative estimate of drug-likeness (QED) is 0.202. The van der Waals surface area contributed by atoms with Gasteiger partial charge in [0.2, 0.25) is 6.29 Å². The number of aliphatic hydroxyl groups excluding tert-OH is 2. The second-order valence-corrected chi connectivity index (χ2v) is 17.8. The fourth-order valence-corrected chi connectivity index (χ4v) is 9.16. The zero-order chi connectivity index (χ0) is 43.8. The summed E-state index contributed by atoms with van der Waals surface area (Å²) in [5, 5.41) is 32.9. The Morgan fingerprint density at radius 3 is 2.15 bits per heavy atom. The number of ether oxygens (including phenoxy) is 9. The van der Waals surface area contributed by atoms with E-state index in [0.29, 0.717) is 19.3 Å². The highest BCUT2D eigenvalue weighted by atomic mass is 16.8. The van der Waals surface area contributed by atoms with Crippen molar-refractivity contribution in [1.29, 1.82) is 0 Å². The highest BCUT2D eigenvalue weighted by Gasteiger charge is 2.51. The van der Waals surface area contributed by atoms with Gasteiger partial charge in [-0.15, -0.1) is 0 Å². The van der Waals surface area contributed by atoms with Gasteiger partial charge in [-0.25, -0.2) is 4.79 Å². The summed E-state index contributed by atoms with van der Waals surface area (Å²) >= 11 is 0. The van der Waals surface area contributed by atoms with Crippen molar-refractivity contribution in [3.8, 4) is 0 Å². The van der Waals surface area contributed by atoms with Crippen LogP contribution in [0.25, 0.3) is 0 Å². The molecule has 0 aliphatic carbocycles. The molecule has 0 aromatic heterocycles. The number of likely N-dealkylation sites (N-methyl/N-ethyl adjacent to an activating group) is 2. The number of allylic oxidation sites excluding steroid dienone is 2. The van der Waals surface area contributed by atoms with Crippen LogP contribution in [0.2, 0.25) is 0 Å². The first-order chi connectivity index (χ1) is 27.8. The number of hydrogen-bond donors (Lipinski definition) is 3. The predicted octanol–water partition coefficient (Wildman–Crippen LogP) is 3.78. The van der Waals surface area contributed by atoms with Crippen molar-refractivity contribution in [2.75, 3.05) is 35.3 Å². The van der Waals surface area contributed by atoms with E-state index in [4.69, 9.17) is 42.6 Å². The lowest BCUT2D eigenvalue weighted by molar-refractivity contribution is -0.337. The maximum atomic E-state index is 12.9. The molecule has 16 heteroatoms. The lowest BCUT2D eigenvalue weighted by atomic mass is 9.83. The van der Waals surface area contributed by atoms with Gasteiger partial charge in [-0.2, -0.15) is 0 Å². The molecule has 0 radical (unpaired) electrons. The smallest absolute Gasteiger partial charge is 0.431 e. The number of rotatable bonds is 11. The van der Waals surface area contributed by atoms with Crippen molar-refractivity contribution >= 4 is 12.4 Å². The molecule has 0 bridgehead atoms. The second kappa shape index (κ2) is 22.3. The molecule has 3 saturated heterocycles. The van der Waals surface area contributed by atoms with Gasteiger partial charge in [-0.1, -0.05) is 38.2 Å². The van der Waals surface area contributed by atoms with E-state index >= 15 is 0 Å². The molecule has 4 aliphatic heterocycles. The van der Waals surface area contributed by atoms with Crippen LogP contribution in [-0.4, -0.2) is 171 Å². The second-order valence-electron chi connectivity index (χ2n) is 17.8. The first-order valence-corrected chi connectivity index (χ1v) is 21.3. The van der Waals surface area contributed by atoms with Gasteiger partial charge in [0.25, 0.3) is 0 Å². The van der Waals surface area contributed by atoms with Crippen LogP contribution in [-0.2, 0) is 47.4 Å². The lowest BCUT2D eigenvalue weighted by Gasteiger charge is -2.50. The van der Waals surface area contributed by atoms with E-state index in [1.165, 1.54) is 7.11 Å². The first kappa shape index (κ1) is 49.6. The summed E-state index contributed by atoms with van der Waals surface area (Å²) in [6.45, 7) is 12.9. The molecule has 0 amide bonds. The van der Waals surface area contributed by atoms with Crippen molar-refractivity contribution in [3.05, 3.63) is 24.3 Å². The highest BCUT2D eigenvalue weighted by Crippen LogP contribution is 2.39. The maximum Gasteiger partial charge on any atom is 0.510 e. The molecular weight excluding hydrogens is 768 g/mol. The fraction of sp³-hybridized carbons (Fsp3) is 0.860. The van der Waals surface area contributed by atoms with Crippen LogP contribution in [0.15, 0.2) is 24.3 Å². The van der Waals surface area contributed by atoms with Crippen LogP contribution >= 0.6 is 0 Å². The van der Waals surface area contributed by atoms with E-state index in [1.807, 2.05) is 78.2 Å². The third kappa shape index (κ3) is 13.2. The summed E-state index contributed by atoms with van der Waals surface area (Å²) in [5.74, 6) is -1.16. The topological polar surface area (TPSA) is 184 Å². The third-order valence-electron chi connectivity index (χ3n) is 12.4. The number of aldehydes is 1. The Hall–Kier alpha value is -2.06. The van der Waals surface area contributed by atoms with Crippen LogP contribution in [0.3, 0.4) is 0 Å². The van der Waals surface area contributed by atoms with Gasteiger partial charge in [-0.3, -0.25) is 0 Å².